The lowest BCUT2D eigenvalue weighted by atomic mass is 10.2. The van der Waals surface area contributed by atoms with Crippen LogP contribution in [0.5, 0.6) is 11.5 Å². The highest BCUT2D eigenvalue weighted by molar-refractivity contribution is 6.32. The molecule has 0 bridgehead atoms. The second kappa shape index (κ2) is 8.94. The molecule has 2 heterocycles. The molecule has 1 N–H and O–H groups in total. The van der Waals surface area contributed by atoms with Gasteiger partial charge >= 0.3 is 0 Å². The zero-order valence-electron chi connectivity index (χ0n) is 15.5. The van der Waals surface area contributed by atoms with Crippen molar-refractivity contribution in [3.63, 3.8) is 0 Å². The number of anilines is 1. The van der Waals surface area contributed by atoms with E-state index >= 15 is 0 Å². The Bertz CT molecular complexity index is 1200. The molecule has 0 saturated heterocycles. The van der Waals surface area contributed by atoms with Gasteiger partial charge in [-0.05, 0) is 23.8 Å². The summed E-state index contributed by atoms with van der Waals surface area (Å²) in [5.74, 6) is 1.03. The molecule has 29 heavy (non-hydrogen) atoms. The van der Waals surface area contributed by atoms with Crippen LogP contribution in [0.15, 0.2) is 71.7 Å². The maximum Gasteiger partial charge on any atom is 0.294 e. The first-order valence-electron chi connectivity index (χ1n) is 8.69. The average molecular weight is 429 g/mol. The fourth-order valence-electron chi connectivity index (χ4n) is 2.80. The van der Waals surface area contributed by atoms with E-state index in [0.29, 0.717) is 34.3 Å². The van der Waals surface area contributed by atoms with Crippen molar-refractivity contribution in [3.8, 4) is 11.5 Å². The number of aromatic nitrogens is 3. The summed E-state index contributed by atoms with van der Waals surface area (Å²) in [6, 6.07) is 18.6. The lowest BCUT2D eigenvalue weighted by Gasteiger charge is -2.11. The number of nitrogens with zero attached hydrogens (tertiary/aromatic N) is 3. The molecule has 0 aliphatic rings. The van der Waals surface area contributed by atoms with Crippen LogP contribution in [-0.4, -0.2) is 14.5 Å². The van der Waals surface area contributed by atoms with Crippen LogP contribution in [0.3, 0.4) is 0 Å². The summed E-state index contributed by atoms with van der Waals surface area (Å²) < 4.78 is 7.17. The Morgan fingerprint density at radius 3 is 2.55 bits per heavy atom. The SMILES string of the molecule is Cl.Cn1c(=O)c(Oc2ccccc2Cl)cc2cnc(NCc3ccccc3)nc21. The molecule has 0 aliphatic heterocycles. The number of para-hydroxylation sites is 1. The third-order valence-electron chi connectivity index (χ3n) is 4.27. The standard InChI is InChI=1S/C21H17ClN4O2.ClH/c1-26-19-15(11-18(20(26)27)28-17-10-6-5-9-16(17)22)13-24-21(25-19)23-12-14-7-3-2-4-8-14;/h2-11,13H,12H2,1H3,(H,23,24,25);1H. The minimum absolute atomic E-state index is 0. The predicted octanol–water partition coefficient (Wildman–Crippen LogP) is 4.81. The highest BCUT2D eigenvalue weighted by Crippen LogP contribution is 2.28. The smallest absolute Gasteiger partial charge is 0.294 e. The van der Waals surface area contributed by atoms with Crippen LogP contribution in [0.25, 0.3) is 11.0 Å². The lowest BCUT2D eigenvalue weighted by Crippen LogP contribution is -2.19. The Balaban J connectivity index is 0.00000240. The molecule has 4 rings (SSSR count). The van der Waals surface area contributed by atoms with E-state index < -0.39 is 0 Å². The molecule has 8 heteroatoms. The van der Waals surface area contributed by atoms with Crippen LogP contribution in [0.2, 0.25) is 5.02 Å². The number of hydrogen-bond acceptors (Lipinski definition) is 5. The Morgan fingerprint density at radius 2 is 1.79 bits per heavy atom. The molecule has 6 nitrogen and oxygen atoms in total. The summed E-state index contributed by atoms with van der Waals surface area (Å²) >= 11 is 6.12. The Labute approximate surface area is 178 Å². The summed E-state index contributed by atoms with van der Waals surface area (Å²) in [5, 5.41) is 4.30. The molecule has 2 aromatic heterocycles. The molecule has 0 radical (unpaired) electrons. The summed E-state index contributed by atoms with van der Waals surface area (Å²) in [4.78, 5) is 21.5. The number of benzene rings is 2. The molecule has 0 atom stereocenters. The Kier molecular flexibility index (Phi) is 6.36. The van der Waals surface area contributed by atoms with E-state index in [9.17, 15) is 4.79 Å². The van der Waals surface area contributed by atoms with Crippen LogP contribution in [-0.2, 0) is 13.6 Å². The summed E-state index contributed by atoms with van der Waals surface area (Å²) in [7, 11) is 1.65. The van der Waals surface area contributed by atoms with Crippen molar-refractivity contribution in [1.82, 2.24) is 14.5 Å². The van der Waals surface area contributed by atoms with Gasteiger partial charge in [0.05, 0.1) is 5.02 Å². The minimum Gasteiger partial charge on any atom is -0.450 e. The van der Waals surface area contributed by atoms with Crippen molar-refractivity contribution in [3.05, 3.63) is 87.8 Å². The number of pyridine rings is 1. The quantitative estimate of drug-likeness (QED) is 0.493. The first-order valence-corrected chi connectivity index (χ1v) is 9.06. The second-order valence-corrected chi connectivity index (χ2v) is 6.62. The molecule has 0 fully saturated rings. The van der Waals surface area contributed by atoms with Gasteiger partial charge in [-0.3, -0.25) is 9.36 Å². The van der Waals surface area contributed by atoms with Gasteiger partial charge < -0.3 is 10.1 Å². The lowest BCUT2D eigenvalue weighted by molar-refractivity contribution is 0.472. The second-order valence-electron chi connectivity index (χ2n) is 6.22. The molecular weight excluding hydrogens is 411 g/mol. The first kappa shape index (κ1) is 20.6. The van der Waals surface area contributed by atoms with Crippen LogP contribution < -0.4 is 15.6 Å². The zero-order valence-corrected chi connectivity index (χ0v) is 17.1. The molecule has 0 spiro atoms. The molecule has 148 valence electrons. The maximum atomic E-state index is 12.7. The average Bonchev–Trinajstić information content (AvgIpc) is 2.73. The zero-order chi connectivity index (χ0) is 19.5. The Morgan fingerprint density at radius 1 is 1.07 bits per heavy atom. The molecule has 2 aromatic carbocycles. The molecule has 0 amide bonds. The van der Waals surface area contributed by atoms with Crippen LogP contribution in [0.4, 0.5) is 5.95 Å². The molecule has 4 aromatic rings. The van der Waals surface area contributed by atoms with E-state index in [1.807, 2.05) is 30.3 Å². The molecule has 0 aliphatic carbocycles. The summed E-state index contributed by atoms with van der Waals surface area (Å²) in [6.45, 7) is 0.591. The van der Waals surface area contributed by atoms with Gasteiger partial charge in [-0.2, -0.15) is 4.98 Å². The number of hydrogen-bond donors (Lipinski definition) is 1. The van der Waals surface area contributed by atoms with Crippen LogP contribution in [0, 0.1) is 0 Å². The largest absolute Gasteiger partial charge is 0.450 e. The van der Waals surface area contributed by atoms with Gasteiger partial charge in [0.2, 0.25) is 5.95 Å². The first-order chi connectivity index (χ1) is 13.6. The predicted molar refractivity (Wildman–Crippen MR) is 117 cm³/mol. The van der Waals surface area contributed by atoms with E-state index in [0.717, 1.165) is 5.56 Å². The van der Waals surface area contributed by atoms with Crippen LogP contribution >= 0.6 is 24.0 Å². The molecule has 0 saturated carbocycles. The number of aryl methyl sites for hydroxylation is 1. The van der Waals surface area contributed by atoms with Crippen molar-refractivity contribution >= 4 is 41.0 Å². The monoisotopic (exact) mass is 428 g/mol. The van der Waals surface area contributed by atoms with Gasteiger partial charge in [-0.1, -0.05) is 54.1 Å². The Hall–Kier alpha value is -3.09. The van der Waals surface area contributed by atoms with Crippen molar-refractivity contribution in [1.29, 1.82) is 0 Å². The molecular formula is C21H18Cl2N4O2. The van der Waals surface area contributed by atoms with E-state index in [4.69, 9.17) is 16.3 Å². The minimum atomic E-state index is -0.305. The van der Waals surface area contributed by atoms with Crippen molar-refractivity contribution < 1.29 is 4.74 Å². The van der Waals surface area contributed by atoms with Gasteiger partial charge in [-0.25, -0.2) is 4.98 Å². The fourth-order valence-corrected chi connectivity index (χ4v) is 2.97. The van der Waals surface area contributed by atoms with E-state index in [1.165, 1.54) is 4.57 Å². The van der Waals surface area contributed by atoms with Crippen molar-refractivity contribution in [2.75, 3.05) is 5.32 Å². The third-order valence-corrected chi connectivity index (χ3v) is 4.58. The summed E-state index contributed by atoms with van der Waals surface area (Å²) in [6.07, 6.45) is 1.66. The van der Waals surface area contributed by atoms with E-state index in [2.05, 4.69) is 15.3 Å². The fraction of sp³-hybridized carbons (Fsp3) is 0.0952. The number of fused-ring (bicyclic) bond motifs is 1. The number of nitrogens with one attached hydrogen (secondary N) is 1. The molecule has 0 unspecified atom stereocenters. The highest BCUT2D eigenvalue weighted by Gasteiger charge is 2.12. The maximum absolute atomic E-state index is 12.7. The third kappa shape index (κ3) is 4.50. The van der Waals surface area contributed by atoms with E-state index in [1.54, 1.807) is 43.6 Å². The number of halogens is 2. The number of rotatable bonds is 5. The topological polar surface area (TPSA) is 69.0 Å². The van der Waals surface area contributed by atoms with Crippen molar-refractivity contribution in [2.24, 2.45) is 7.05 Å². The van der Waals surface area contributed by atoms with Gasteiger partial charge in [0, 0.05) is 25.2 Å². The normalized spacial score (nSPS) is 10.4. The van der Waals surface area contributed by atoms with Gasteiger partial charge in [0.15, 0.2) is 5.75 Å². The van der Waals surface area contributed by atoms with Gasteiger partial charge in [0.25, 0.3) is 5.56 Å². The van der Waals surface area contributed by atoms with Crippen molar-refractivity contribution in [2.45, 2.75) is 6.54 Å². The summed E-state index contributed by atoms with van der Waals surface area (Å²) in [5.41, 5.74) is 1.32. The van der Waals surface area contributed by atoms with E-state index in [-0.39, 0.29) is 23.7 Å². The van der Waals surface area contributed by atoms with Crippen LogP contribution in [0.1, 0.15) is 5.56 Å². The highest BCUT2D eigenvalue weighted by atomic mass is 35.5. The van der Waals surface area contributed by atoms with Gasteiger partial charge in [-0.15, -0.1) is 12.4 Å². The number of ether oxygens (including phenoxy) is 1. The van der Waals surface area contributed by atoms with Gasteiger partial charge in [0.1, 0.15) is 11.4 Å².